The molecule has 0 unspecified atom stereocenters. The Labute approximate surface area is 193 Å². The number of benzene rings is 2. The molecule has 170 valence electrons. The number of nitrogens with one attached hydrogen (secondary N) is 1. The molecule has 3 aromatic rings. The number of thioether (sulfide) groups is 1. The summed E-state index contributed by atoms with van der Waals surface area (Å²) in [5, 5.41) is 11.5. The smallest absolute Gasteiger partial charge is 0.325 e. The monoisotopic (exact) mass is 471 g/mol. The largest absolute Gasteiger partial charge is 0.416 e. The molecule has 0 saturated carbocycles. The van der Waals surface area contributed by atoms with Crippen LogP contribution in [0.2, 0.25) is 0 Å². The Morgan fingerprint density at radius 3 is 2.45 bits per heavy atom. The fraction of sp³-hybridized carbons (Fsp3) is 0.130. The van der Waals surface area contributed by atoms with Crippen LogP contribution < -0.4 is 5.32 Å². The number of amides is 1. The second-order valence-electron chi connectivity index (χ2n) is 6.62. The molecule has 1 heterocycles. The molecule has 0 spiro atoms. The summed E-state index contributed by atoms with van der Waals surface area (Å²) in [7, 11) is 1.60. The molecular formula is C23H20F3N5OS. The lowest BCUT2D eigenvalue weighted by Crippen LogP contribution is -2.14. The molecule has 0 saturated heterocycles. The third-order valence-electron chi connectivity index (χ3n) is 4.36. The van der Waals surface area contributed by atoms with Gasteiger partial charge in [-0.3, -0.25) is 14.4 Å². The first-order valence-electron chi connectivity index (χ1n) is 9.69. The first-order valence-corrected chi connectivity index (χ1v) is 10.7. The van der Waals surface area contributed by atoms with Crippen molar-refractivity contribution in [2.75, 3.05) is 18.1 Å². The summed E-state index contributed by atoms with van der Waals surface area (Å²) in [6.07, 6.45) is 0.297. The number of allylic oxidation sites excluding steroid dienone is 3. The summed E-state index contributed by atoms with van der Waals surface area (Å²) < 4.78 is 40.6. The van der Waals surface area contributed by atoms with Crippen LogP contribution in [0.5, 0.6) is 0 Å². The Balaban J connectivity index is 1.93. The lowest BCUT2D eigenvalue weighted by molar-refractivity contribution is -0.137. The molecule has 3 rings (SSSR count). The first kappa shape index (κ1) is 24.0. The average molecular weight is 472 g/mol. The number of carbonyl (C=O) groups excluding carboxylic acids is 1. The predicted molar refractivity (Wildman–Crippen MR) is 125 cm³/mol. The van der Waals surface area contributed by atoms with Crippen molar-refractivity contribution >= 4 is 35.1 Å². The van der Waals surface area contributed by atoms with Crippen molar-refractivity contribution in [3.8, 4) is 5.69 Å². The highest BCUT2D eigenvalue weighted by Crippen LogP contribution is 2.31. The maximum absolute atomic E-state index is 13.0. The van der Waals surface area contributed by atoms with E-state index in [2.05, 4.69) is 27.1 Å². The van der Waals surface area contributed by atoms with Crippen LogP contribution in [-0.4, -0.2) is 39.7 Å². The molecule has 0 radical (unpaired) electrons. The fourth-order valence-electron chi connectivity index (χ4n) is 2.82. The molecule has 0 bridgehead atoms. The van der Waals surface area contributed by atoms with Gasteiger partial charge >= 0.3 is 6.18 Å². The van der Waals surface area contributed by atoms with E-state index >= 15 is 0 Å². The van der Waals surface area contributed by atoms with Crippen molar-refractivity contribution < 1.29 is 18.0 Å². The van der Waals surface area contributed by atoms with Gasteiger partial charge in [-0.05, 0) is 42.5 Å². The van der Waals surface area contributed by atoms with Gasteiger partial charge < -0.3 is 5.32 Å². The lowest BCUT2D eigenvalue weighted by atomic mass is 10.2. The molecule has 33 heavy (non-hydrogen) atoms. The Hall–Kier alpha value is -3.66. The first-order chi connectivity index (χ1) is 15.8. The Morgan fingerprint density at radius 1 is 1.15 bits per heavy atom. The summed E-state index contributed by atoms with van der Waals surface area (Å²) >= 11 is 1.11. The van der Waals surface area contributed by atoms with E-state index in [1.54, 1.807) is 54.2 Å². The average Bonchev–Trinajstić information content (AvgIpc) is 3.22. The Kier molecular flexibility index (Phi) is 7.83. The zero-order valence-corrected chi connectivity index (χ0v) is 18.4. The van der Waals surface area contributed by atoms with Crippen molar-refractivity contribution in [3.05, 3.63) is 84.7 Å². The van der Waals surface area contributed by atoms with Crippen LogP contribution in [0, 0.1) is 0 Å². The number of rotatable bonds is 8. The summed E-state index contributed by atoms with van der Waals surface area (Å²) in [6.45, 7) is 3.77. The second kappa shape index (κ2) is 10.8. The molecule has 1 amide bonds. The third-order valence-corrected chi connectivity index (χ3v) is 5.29. The number of nitrogens with zero attached hydrogens (tertiary/aromatic N) is 4. The summed E-state index contributed by atoms with van der Waals surface area (Å²) in [5.41, 5.74) is 0.863. The van der Waals surface area contributed by atoms with Gasteiger partial charge in [0.05, 0.1) is 11.3 Å². The minimum atomic E-state index is -4.45. The summed E-state index contributed by atoms with van der Waals surface area (Å²) in [6, 6.07) is 13.6. The van der Waals surface area contributed by atoms with Crippen LogP contribution in [0.3, 0.4) is 0 Å². The van der Waals surface area contributed by atoms with Gasteiger partial charge in [-0.1, -0.05) is 42.6 Å². The number of anilines is 1. The molecule has 1 aromatic heterocycles. The number of aliphatic imine (C=N–C) groups is 1. The van der Waals surface area contributed by atoms with Gasteiger partial charge in [-0.25, -0.2) is 0 Å². The molecule has 0 aliphatic carbocycles. The van der Waals surface area contributed by atoms with Gasteiger partial charge in [0.2, 0.25) is 5.91 Å². The van der Waals surface area contributed by atoms with Gasteiger partial charge in [-0.2, -0.15) is 13.2 Å². The van der Waals surface area contributed by atoms with Crippen LogP contribution in [-0.2, 0) is 11.0 Å². The summed E-state index contributed by atoms with van der Waals surface area (Å²) in [4.78, 5) is 16.3. The quantitative estimate of drug-likeness (QED) is 0.275. The van der Waals surface area contributed by atoms with E-state index < -0.39 is 11.7 Å². The van der Waals surface area contributed by atoms with Gasteiger partial charge in [-0.15, -0.1) is 10.2 Å². The molecule has 0 atom stereocenters. The molecular weight excluding hydrogens is 451 g/mol. The topological polar surface area (TPSA) is 72.2 Å². The van der Waals surface area contributed by atoms with E-state index in [1.807, 2.05) is 6.07 Å². The highest BCUT2D eigenvalue weighted by Gasteiger charge is 2.30. The van der Waals surface area contributed by atoms with Crippen LogP contribution in [0.15, 0.2) is 83.5 Å². The van der Waals surface area contributed by atoms with Crippen LogP contribution in [0.25, 0.3) is 11.3 Å². The van der Waals surface area contributed by atoms with Gasteiger partial charge in [0.1, 0.15) is 0 Å². The highest BCUT2D eigenvalue weighted by atomic mass is 32.2. The van der Waals surface area contributed by atoms with Crippen molar-refractivity contribution in [3.63, 3.8) is 0 Å². The number of aromatic nitrogens is 3. The SMILES string of the molecule is C=CC(=CC=NC)c1nnc(SCC(=O)Nc2ccccc2)n1-c1ccc(C(F)(F)F)cc1. The highest BCUT2D eigenvalue weighted by molar-refractivity contribution is 7.99. The predicted octanol–water partition coefficient (Wildman–Crippen LogP) is 5.29. The lowest BCUT2D eigenvalue weighted by Gasteiger charge is -2.12. The molecule has 0 fully saturated rings. The van der Waals surface area contributed by atoms with Crippen LogP contribution in [0.4, 0.5) is 18.9 Å². The normalized spacial score (nSPS) is 12.2. The standard InChI is InChI=1S/C23H20F3N5OS/c1-3-16(13-14-27-2)21-29-30-22(33-15-20(32)28-18-7-5-4-6-8-18)31(21)19-11-9-17(10-12-19)23(24,25)26/h3-14H,1,15H2,2H3,(H,28,32). The van der Waals surface area contributed by atoms with Gasteiger partial charge in [0.15, 0.2) is 11.0 Å². The zero-order valence-electron chi connectivity index (χ0n) is 17.6. The number of hydrogen-bond acceptors (Lipinski definition) is 5. The second-order valence-corrected chi connectivity index (χ2v) is 7.57. The summed E-state index contributed by atoms with van der Waals surface area (Å²) in [5.74, 6) is 0.125. The van der Waals surface area contributed by atoms with Crippen molar-refractivity contribution in [2.24, 2.45) is 4.99 Å². The minimum Gasteiger partial charge on any atom is -0.325 e. The van der Waals surface area contributed by atoms with E-state index in [0.29, 0.717) is 27.9 Å². The third kappa shape index (κ3) is 6.19. The Bertz CT molecular complexity index is 1170. The maximum Gasteiger partial charge on any atom is 0.416 e. The van der Waals surface area contributed by atoms with Gasteiger partial charge in [0, 0.05) is 30.2 Å². The molecule has 6 nitrogen and oxygen atoms in total. The Morgan fingerprint density at radius 2 is 1.85 bits per heavy atom. The number of carbonyl (C=O) groups is 1. The number of para-hydroxylation sites is 1. The number of halogens is 3. The van der Waals surface area contributed by atoms with Crippen LogP contribution in [0.1, 0.15) is 11.4 Å². The molecule has 0 aliphatic rings. The zero-order chi connectivity index (χ0) is 23.8. The number of hydrogen-bond donors (Lipinski definition) is 1. The van der Waals surface area contributed by atoms with E-state index in [-0.39, 0.29) is 11.7 Å². The van der Waals surface area contributed by atoms with E-state index in [4.69, 9.17) is 0 Å². The van der Waals surface area contributed by atoms with Crippen molar-refractivity contribution in [1.29, 1.82) is 0 Å². The molecule has 2 aromatic carbocycles. The van der Waals surface area contributed by atoms with E-state index in [0.717, 1.165) is 23.9 Å². The van der Waals surface area contributed by atoms with Crippen molar-refractivity contribution in [2.45, 2.75) is 11.3 Å². The number of alkyl halides is 3. The van der Waals surface area contributed by atoms with E-state index in [1.165, 1.54) is 12.1 Å². The molecule has 10 heteroatoms. The van der Waals surface area contributed by atoms with E-state index in [9.17, 15) is 18.0 Å². The van der Waals surface area contributed by atoms with Crippen molar-refractivity contribution in [1.82, 2.24) is 14.8 Å². The molecule has 1 N–H and O–H groups in total. The van der Waals surface area contributed by atoms with Gasteiger partial charge in [0.25, 0.3) is 0 Å². The molecule has 0 aliphatic heterocycles. The fourth-order valence-corrected chi connectivity index (χ4v) is 3.57. The minimum absolute atomic E-state index is 0.0250. The van der Waals surface area contributed by atoms with Crippen LogP contribution >= 0.6 is 11.8 Å². The maximum atomic E-state index is 13.0.